The molecular formula is C19H21FN2O3. The fourth-order valence-electron chi connectivity index (χ4n) is 2.26. The van der Waals surface area contributed by atoms with Crippen molar-refractivity contribution in [3.05, 3.63) is 59.9 Å². The van der Waals surface area contributed by atoms with Crippen LogP contribution in [-0.2, 0) is 16.0 Å². The highest BCUT2D eigenvalue weighted by Gasteiger charge is 2.15. The maximum absolute atomic E-state index is 13.5. The minimum atomic E-state index is -0.535. The van der Waals surface area contributed by atoms with Crippen LogP contribution in [0, 0.1) is 5.82 Å². The van der Waals surface area contributed by atoms with Gasteiger partial charge in [-0.2, -0.15) is 0 Å². The number of halogens is 1. The minimum Gasteiger partial charge on any atom is -0.481 e. The van der Waals surface area contributed by atoms with E-state index < -0.39 is 11.7 Å². The number of anilines is 1. The lowest BCUT2D eigenvalue weighted by Crippen LogP contribution is -2.37. The predicted octanol–water partition coefficient (Wildman–Crippen LogP) is 2.86. The van der Waals surface area contributed by atoms with Gasteiger partial charge in [-0.1, -0.05) is 37.3 Å². The topological polar surface area (TPSA) is 58.6 Å². The van der Waals surface area contributed by atoms with Gasteiger partial charge in [-0.15, -0.1) is 0 Å². The highest BCUT2D eigenvalue weighted by Crippen LogP contribution is 2.16. The van der Waals surface area contributed by atoms with Crippen molar-refractivity contribution in [1.82, 2.24) is 4.90 Å². The molecule has 25 heavy (non-hydrogen) atoms. The lowest BCUT2D eigenvalue weighted by atomic mass is 10.1. The van der Waals surface area contributed by atoms with Crippen molar-refractivity contribution in [2.75, 3.05) is 25.5 Å². The van der Waals surface area contributed by atoms with E-state index in [0.717, 1.165) is 17.7 Å². The summed E-state index contributed by atoms with van der Waals surface area (Å²) in [7, 11) is 1.50. The lowest BCUT2D eigenvalue weighted by Gasteiger charge is -2.18. The third-order valence-electron chi connectivity index (χ3n) is 3.67. The number of hydrogen-bond acceptors (Lipinski definition) is 3. The zero-order valence-electron chi connectivity index (χ0n) is 14.3. The second kappa shape index (κ2) is 8.82. The molecule has 0 bridgehead atoms. The van der Waals surface area contributed by atoms with Crippen molar-refractivity contribution in [2.45, 2.75) is 13.3 Å². The molecule has 132 valence electrons. The highest BCUT2D eigenvalue weighted by molar-refractivity contribution is 5.95. The van der Waals surface area contributed by atoms with Crippen LogP contribution in [0.1, 0.15) is 12.5 Å². The number of nitrogens with zero attached hydrogens (tertiary/aromatic N) is 1. The maximum Gasteiger partial charge on any atom is 0.260 e. The number of ether oxygens (including phenoxy) is 1. The molecular weight excluding hydrogens is 323 g/mol. The first-order chi connectivity index (χ1) is 12.0. The van der Waals surface area contributed by atoms with Crippen molar-refractivity contribution in [3.63, 3.8) is 0 Å². The normalized spacial score (nSPS) is 10.2. The van der Waals surface area contributed by atoms with E-state index in [1.54, 1.807) is 6.07 Å². The van der Waals surface area contributed by atoms with Crippen LogP contribution in [-0.4, -0.2) is 36.9 Å². The summed E-state index contributed by atoms with van der Waals surface area (Å²) in [4.78, 5) is 25.4. The molecule has 5 nitrogen and oxygen atoms in total. The molecule has 0 aliphatic heterocycles. The molecule has 0 aliphatic carbocycles. The molecule has 2 rings (SSSR count). The van der Waals surface area contributed by atoms with E-state index in [-0.39, 0.29) is 24.8 Å². The van der Waals surface area contributed by atoms with Crippen LogP contribution in [0.5, 0.6) is 5.75 Å². The van der Waals surface area contributed by atoms with Crippen LogP contribution in [0.2, 0.25) is 0 Å². The van der Waals surface area contributed by atoms with Gasteiger partial charge in [0.15, 0.2) is 18.2 Å². The Morgan fingerprint density at radius 1 is 1.12 bits per heavy atom. The van der Waals surface area contributed by atoms with Gasteiger partial charge in [0.2, 0.25) is 5.91 Å². The number of rotatable bonds is 7. The lowest BCUT2D eigenvalue weighted by molar-refractivity contribution is -0.135. The molecule has 0 aliphatic rings. The molecule has 0 aromatic heterocycles. The number of aryl methyl sites for hydroxylation is 1. The minimum absolute atomic E-state index is 0.00516. The Kier molecular flexibility index (Phi) is 6.51. The molecule has 0 saturated carbocycles. The van der Waals surface area contributed by atoms with Crippen molar-refractivity contribution in [2.24, 2.45) is 0 Å². The van der Waals surface area contributed by atoms with E-state index in [2.05, 4.69) is 5.32 Å². The van der Waals surface area contributed by atoms with Crippen LogP contribution in [0.25, 0.3) is 0 Å². The summed E-state index contributed by atoms with van der Waals surface area (Å²) in [6.45, 7) is 1.55. The number of para-hydroxylation sites is 2. The molecule has 2 amide bonds. The Morgan fingerprint density at radius 2 is 1.80 bits per heavy atom. The van der Waals surface area contributed by atoms with E-state index in [0.29, 0.717) is 0 Å². The van der Waals surface area contributed by atoms with Crippen LogP contribution < -0.4 is 10.1 Å². The zero-order valence-corrected chi connectivity index (χ0v) is 14.3. The first-order valence-corrected chi connectivity index (χ1v) is 8.00. The summed E-state index contributed by atoms with van der Waals surface area (Å²) in [5, 5.41) is 2.80. The Labute approximate surface area is 146 Å². The zero-order chi connectivity index (χ0) is 18.2. The van der Waals surface area contributed by atoms with Crippen LogP contribution in [0.15, 0.2) is 48.5 Å². The first kappa shape index (κ1) is 18.4. The number of carbonyl (C=O) groups excluding carboxylic acids is 2. The van der Waals surface area contributed by atoms with E-state index in [1.807, 2.05) is 31.2 Å². The predicted molar refractivity (Wildman–Crippen MR) is 94.0 cm³/mol. The fourth-order valence-corrected chi connectivity index (χ4v) is 2.26. The number of carbonyl (C=O) groups is 2. The van der Waals surface area contributed by atoms with Crippen molar-refractivity contribution < 1.29 is 18.7 Å². The summed E-state index contributed by atoms with van der Waals surface area (Å²) in [5.74, 6) is -1.25. The number of likely N-dealkylation sites (N-methyl/N-ethyl adjacent to an activating group) is 1. The van der Waals surface area contributed by atoms with Gasteiger partial charge in [0, 0.05) is 12.7 Å². The van der Waals surface area contributed by atoms with Gasteiger partial charge in [-0.05, 0) is 30.2 Å². The largest absolute Gasteiger partial charge is 0.481 e. The summed E-state index contributed by atoms with van der Waals surface area (Å²) < 4.78 is 18.6. The molecule has 0 unspecified atom stereocenters. The Bertz CT molecular complexity index is 749. The standard InChI is InChI=1S/C19H21FN2O3/c1-3-14-8-4-6-10-16(14)21-18(23)12-22(2)19(24)13-25-17-11-7-5-9-15(17)20/h4-11H,3,12-13H2,1-2H3,(H,21,23). The molecule has 1 N–H and O–H groups in total. The van der Waals surface area contributed by atoms with E-state index >= 15 is 0 Å². The smallest absolute Gasteiger partial charge is 0.260 e. The Hall–Kier alpha value is -2.89. The Balaban J connectivity index is 1.86. The van der Waals surface area contributed by atoms with Crippen LogP contribution in [0.3, 0.4) is 0 Å². The highest BCUT2D eigenvalue weighted by atomic mass is 19.1. The first-order valence-electron chi connectivity index (χ1n) is 8.00. The molecule has 2 aromatic rings. The summed E-state index contributed by atoms with van der Waals surface area (Å²) in [6.07, 6.45) is 0.793. The van der Waals surface area contributed by atoms with Gasteiger partial charge in [0.05, 0.1) is 6.54 Å². The van der Waals surface area contributed by atoms with Crippen molar-refractivity contribution >= 4 is 17.5 Å². The molecule has 6 heteroatoms. The van der Waals surface area contributed by atoms with Gasteiger partial charge < -0.3 is 15.0 Å². The average molecular weight is 344 g/mol. The van der Waals surface area contributed by atoms with Gasteiger partial charge in [-0.25, -0.2) is 4.39 Å². The summed E-state index contributed by atoms with van der Waals surface area (Å²) in [6, 6.07) is 13.3. The van der Waals surface area contributed by atoms with Crippen LogP contribution >= 0.6 is 0 Å². The molecule has 0 saturated heterocycles. The maximum atomic E-state index is 13.5. The SMILES string of the molecule is CCc1ccccc1NC(=O)CN(C)C(=O)COc1ccccc1F. The summed E-state index contributed by atoms with van der Waals surface area (Å²) >= 11 is 0. The van der Waals surface area contributed by atoms with Gasteiger partial charge in [0.25, 0.3) is 5.91 Å². The van der Waals surface area contributed by atoms with Crippen molar-refractivity contribution in [1.29, 1.82) is 0 Å². The third kappa shape index (κ3) is 5.31. The number of nitrogens with one attached hydrogen (secondary N) is 1. The molecule has 0 fully saturated rings. The molecule has 0 heterocycles. The van der Waals surface area contributed by atoms with Gasteiger partial charge >= 0.3 is 0 Å². The molecule has 2 aromatic carbocycles. The number of hydrogen-bond donors (Lipinski definition) is 1. The molecule has 0 atom stereocenters. The van der Waals surface area contributed by atoms with Gasteiger partial charge in [0.1, 0.15) is 0 Å². The van der Waals surface area contributed by atoms with E-state index in [9.17, 15) is 14.0 Å². The Morgan fingerprint density at radius 3 is 2.52 bits per heavy atom. The second-order valence-electron chi connectivity index (χ2n) is 5.53. The third-order valence-corrected chi connectivity index (χ3v) is 3.67. The summed E-state index contributed by atoms with van der Waals surface area (Å²) in [5.41, 5.74) is 1.76. The molecule has 0 radical (unpaired) electrons. The quantitative estimate of drug-likeness (QED) is 0.840. The number of benzene rings is 2. The van der Waals surface area contributed by atoms with Crippen molar-refractivity contribution in [3.8, 4) is 5.75 Å². The average Bonchev–Trinajstić information content (AvgIpc) is 2.61. The van der Waals surface area contributed by atoms with E-state index in [1.165, 1.54) is 30.1 Å². The number of amides is 2. The monoisotopic (exact) mass is 344 g/mol. The fraction of sp³-hybridized carbons (Fsp3) is 0.263. The van der Waals surface area contributed by atoms with Crippen LogP contribution in [0.4, 0.5) is 10.1 Å². The molecule has 0 spiro atoms. The van der Waals surface area contributed by atoms with Gasteiger partial charge in [-0.3, -0.25) is 9.59 Å². The second-order valence-corrected chi connectivity index (χ2v) is 5.53. The van der Waals surface area contributed by atoms with E-state index in [4.69, 9.17) is 4.74 Å².